The van der Waals surface area contributed by atoms with Crippen LogP contribution >= 0.6 is 23.1 Å². The Bertz CT molecular complexity index is 1040. The maximum absolute atomic E-state index is 13.2. The van der Waals surface area contributed by atoms with E-state index < -0.39 is 0 Å². The number of furan rings is 1. The Balaban J connectivity index is 1.37. The highest BCUT2D eigenvalue weighted by molar-refractivity contribution is 8.00. The minimum Gasteiger partial charge on any atom is -0.451 e. The van der Waals surface area contributed by atoms with Crippen molar-refractivity contribution in [3.8, 4) is 0 Å². The SMILES string of the molecule is CCCNC(=O)CN1CCC(NC(=O)c2oc3ccccc3c2CSc2cccs2)CC1. The highest BCUT2D eigenvalue weighted by atomic mass is 32.2. The van der Waals surface area contributed by atoms with Crippen LogP contribution < -0.4 is 10.6 Å². The van der Waals surface area contributed by atoms with Gasteiger partial charge in [0.2, 0.25) is 5.91 Å². The van der Waals surface area contributed by atoms with Crippen LogP contribution in [0.3, 0.4) is 0 Å². The minimum absolute atomic E-state index is 0.0736. The van der Waals surface area contributed by atoms with Crippen LogP contribution in [-0.4, -0.2) is 48.9 Å². The summed E-state index contributed by atoms with van der Waals surface area (Å²) in [5.74, 6) is 1.02. The molecule has 8 heteroatoms. The summed E-state index contributed by atoms with van der Waals surface area (Å²) in [5, 5.41) is 9.15. The fourth-order valence-electron chi connectivity index (χ4n) is 3.92. The number of thiophene rings is 1. The molecular formula is C24H29N3O3S2. The fraction of sp³-hybridized carbons (Fsp3) is 0.417. The second kappa shape index (κ2) is 11.0. The van der Waals surface area contributed by atoms with Crippen LogP contribution in [0.4, 0.5) is 0 Å². The normalized spacial score (nSPS) is 15.2. The molecule has 1 saturated heterocycles. The van der Waals surface area contributed by atoms with Crippen molar-refractivity contribution in [1.82, 2.24) is 15.5 Å². The molecule has 0 atom stereocenters. The van der Waals surface area contributed by atoms with Gasteiger partial charge in [0.25, 0.3) is 5.91 Å². The van der Waals surface area contributed by atoms with Crippen LogP contribution in [0, 0.1) is 0 Å². The number of para-hydroxylation sites is 1. The average Bonchev–Trinajstić information content (AvgIpc) is 3.45. The summed E-state index contributed by atoms with van der Waals surface area (Å²) in [5.41, 5.74) is 1.69. The summed E-state index contributed by atoms with van der Waals surface area (Å²) in [6.07, 6.45) is 2.59. The van der Waals surface area contributed by atoms with E-state index in [0.717, 1.165) is 55.4 Å². The van der Waals surface area contributed by atoms with Crippen LogP contribution in [0.15, 0.2) is 50.4 Å². The predicted molar refractivity (Wildman–Crippen MR) is 130 cm³/mol. The number of likely N-dealkylation sites (tertiary alicyclic amines) is 1. The number of carbonyl (C=O) groups is 2. The zero-order chi connectivity index (χ0) is 22.3. The third-order valence-electron chi connectivity index (χ3n) is 5.62. The molecule has 1 aliphatic heterocycles. The summed E-state index contributed by atoms with van der Waals surface area (Å²) in [6.45, 7) is 4.78. The van der Waals surface area contributed by atoms with Gasteiger partial charge in [-0.1, -0.05) is 31.2 Å². The van der Waals surface area contributed by atoms with Crippen molar-refractivity contribution >= 4 is 45.9 Å². The minimum atomic E-state index is -0.151. The molecule has 2 N–H and O–H groups in total. The van der Waals surface area contributed by atoms with Gasteiger partial charge in [0.1, 0.15) is 5.58 Å². The van der Waals surface area contributed by atoms with Gasteiger partial charge in [-0.15, -0.1) is 23.1 Å². The van der Waals surface area contributed by atoms with Gasteiger partial charge in [-0.25, -0.2) is 0 Å². The van der Waals surface area contributed by atoms with Crippen LogP contribution in [0.5, 0.6) is 0 Å². The van der Waals surface area contributed by atoms with Gasteiger partial charge >= 0.3 is 0 Å². The number of thioether (sulfide) groups is 1. The number of hydrogen-bond acceptors (Lipinski definition) is 6. The van der Waals surface area contributed by atoms with E-state index in [4.69, 9.17) is 4.42 Å². The van der Waals surface area contributed by atoms with E-state index in [1.165, 1.54) is 4.21 Å². The van der Waals surface area contributed by atoms with Crippen molar-refractivity contribution in [3.05, 3.63) is 53.1 Å². The largest absolute Gasteiger partial charge is 0.451 e. The lowest BCUT2D eigenvalue weighted by Gasteiger charge is -2.31. The van der Waals surface area contributed by atoms with Gasteiger partial charge in [-0.05, 0) is 36.8 Å². The number of hydrogen-bond donors (Lipinski definition) is 2. The molecule has 170 valence electrons. The number of nitrogens with zero attached hydrogens (tertiary/aromatic N) is 1. The van der Waals surface area contributed by atoms with Crippen LogP contribution in [0.25, 0.3) is 11.0 Å². The lowest BCUT2D eigenvalue weighted by atomic mass is 10.0. The Morgan fingerprint density at radius 2 is 2.00 bits per heavy atom. The van der Waals surface area contributed by atoms with Crippen molar-refractivity contribution in [2.75, 3.05) is 26.2 Å². The van der Waals surface area contributed by atoms with Gasteiger partial charge in [0.15, 0.2) is 5.76 Å². The predicted octanol–water partition coefficient (Wildman–Crippen LogP) is 4.51. The molecule has 2 aromatic heterocycles. The lowest BCUT2D eigenvalue weighted by Crippen LogP contribution is -2.47. The monoisotopic (exact) mass is 471 g/mol. The molecule has 1 aromatic carbocycles. The Hall–Kier alpha value is -2.29. The van der Waals surface area contributed by atoms with Crippen molar-refractivity contribution in [2.24, 2.45) is 0 Å². The first-order valence-corrected chi connectivity index (χ1v) is 13.0. The van der Waals surface area contributed by atoms with E-state index >= 15 is 0 Å². The lowest BCUT2D eigenvalue weighted by molar-refractivity contribution is -0.122. The Kier molecular flexibility index (Phi) is 7.89. The molecule has 32 heavy (non-hydrogen) atoms. The van der Waals surface area contributed by atoms with Crippen LogP contribution in [0.1, 0.15) is 42.3 Å². The maximum atomic E-state index is 13.2. The quantitative estimate of drug-likeness (QED) is 0.449. The Labute approximate surface area is 196 Å². The third kappa shape index (κ3) is 5.74. The zero-order valence-corrected chi connectivity index (χ0v) is 19.9. The first-order chi connectivity index (χ1) is 15.6. The van der Waals surface area contributed by atoms with E-state index in [2.05, 4.69) is 27.0 Å². The molecule has 0 aliphatic carbocycles. The number of amides is 2. The van der Waals surface area contributed by atoms with E-state index in [9.17, 15) is 9.59 Å². The third-order valence-corrected chi connectivity index (χ3v) is 7.78. The smallest absolute Gasteiger partial charge is 0.287 e. The first kappa shape index (κ1) is 22.9. The topological polar surface area (TPSA) is 74.6 Å². The maximum Gasteiger partial charge on any atom is 0.287 e. The summed E-state index contributed by atoms with van der Waals surface area (Å²) in [4.78, 5) is 27.3. The highest BCUT2D eigenvalue weighted by Crippen LogP contribution is 2.33. The van der Waals surface area contributed by atoms with Crippen molar-refractivity contribution in [1.29, 1.82) is 0 Å². The summed E-state index contributed by atoms with van der Waals surface area (Å²) in [7, 11) is 0. The standard InChI is InChI=1S/C24H29N3O3S2/c1-2-11-25-21(28)15-27-12-9-17(10-13-27)26-24(29)23-19(16-32-22-8-5-14-31-22)18-6-3-4-7-20(18)30-23/h3-8,14,17H,2,9-13,15-16H2,1H3,(H,25,28)(H,26,29). The zero-order valence-electron chi connectivity index (χ0n) is 18.3. The molecule has 1 aliphatic rings. The van der Waals surface area contributed by atoms with Crippen molar-refractivity contribution in [2.45, 2.75) is 42.2 Å². The number of fused-ring (bicyclic) bond motifs is 1. The Morgan fingerprint density at radius 3 is 2.75 bits per heavy atom. The van der Waals surface area contributed by atoms with Crippen molar-refractivity contribution in [3.63, 3.8) is 0 Å². The summed E-state index contributed by atoms with van der Waals surface area (Å²) >= 11 is 3.42. The van der Waals surface area contributed by atoms with Crippen LogP contribution in [0.2, 0.25) is 0 Å². The fourth-order valence-corrected chi connectivity index (χ4v) is 5.74. The molecule has 4 rings (SSSR count). The molecule has 0 saturated carbocycles. The van der Waals surface area contributed by atoms with E-state index in [0.29, 0.717) is 18.1 Å². The molecule has 2 amide bonds. The van der Waals surface area contributed by atoms with E-state index in [-0.39, 0.29) is 17.9 Å². The van der Waals surface area contributed by atoms with Crippen molar-refractivity contribution < 1.29 is 14.0 Å². The second-order valence-corrected chi connectivity index (χ2v) is 10.2. The number of nitrogens with one attached hydrogen (secondary N) is 2. The van der Waals surface area contributed by atoms with Gasteiger partial charge in [-0.2, -0.15) is 0 Å². The Morgan fingerprint density at radius 1 is 1.19 bits per heavy atom. The molecule has 3 aromatic rings. The molecule has 0 spiro atoms. The average molecular weight is 472 g/mol. The van der Waals surface area contributed by atoms with E-state index in [1.54, 1.807) is 23.1 Å². The molecule has 0 bridgehead atoms. The molecule has 3 heterocycles. The summed E-state index contributed by atoms with van der Waals surface area (Å²) in [6, 6.07) is 12.0. The second-order valence-electron chi connectivity index (χ2n) is 8.00. The number of benzene rings is 1. The molecule has 6 nitrogen and oxygen atoms in total. The molecule has 1 fully saturated rings. The van der Waals surface area contributed by atoms with Gasteiger partial charge in [-0.3, -0.25) is 14.5 Å². The van der Waals surface area contributed by atoms with Gasteiger partial charge < -0.3 is 15.1 Å². The highest BCUT2D eigenvalue weighted by Gasteiger charge is 2.26. The summed E-state index contributed by atoms with van der Waals surface area (Å²) < 4.78 is 7.22. The number of carbonyl (C=O) groups excluding carboxylic acids is 2. The van der Waals surface area contributed by atoms with Crippen LogP contribution in [-0.2, 0) is 10.5 Å². The van der Waals surface area contributed by atoms with E-state index in [1.807, 2.05) is 37.3 Å². The van der Waals surface area contributed by atoms with Gasteiger partial charge in [0.05, 0.1) is 10.8 Å². The molecule has 0 radical (unpaired) electrons. The molecular weight excluding hydrogens is 442 g/mol. The number of piperidine rings is 1. The van der Waals surface area contributed by atoms with Gasteiger partial charge in [0, 0.05) is 42.4 Å². The number of rotatable bonds is 9. The molecule has 0 unspecified atom stereocenters. The first-order valence-electron chi connectivity index (χ1n) is 11.1.